The highest BCUT2D eigenvalue weighted by Crippen LogP contribution is 2.31. The lowest BCUT2D eigenvalue weighted by Gasteiger charge is -2.40. The number of carbonyl (C=O) groups excluding carboxylic acids is 3. The van der Waals surface area contributed by atoms with Gasteiger partial charge in [0.05, 0.1) is 0 Å². The van der Waals surface area contributed by atoms with E-state index in [1.807, 2.05) is 30.3 Å². The van der Waals surface area contributed by atoms with Gasteiger partial charge in [-0.3, -0.25) is 9.59 Å². The van der Waals surface area contributed by atoms with Crippen LogP contribution in [-0.4, -0.2) is 36.0 Å². The molecule has 148 valence electrons. The number of nitrogens with one attached hydrogen (secondary N) is 1. The summed E-state index contributed by atoms with van der Waals surface area (Å²) < 4.78 is 10.7. The average molecular weight is 376 g/mol. The highest BCUT2D eigenvalue weighted by atomic mass is 16.6. The number of nitrogens with two attached hydrogens (primary N) is 1. The quantitative estimate of drug-likeness (QED) is 0.729. The number of amides is 1. The molecule has 1 fully saturated rings. The zero-order chi connectivity index (χ0) is 20.2. The van der Waals surface area contributed by atoms with Crippen LogP contribution in [0.25, 0.3) is 0 Å². The summed E-state index contributed by atoms with van der Waals surface area (Å²) in [5.41, 5.74) is 6.16. The van der Waals surface area contributed by atoms with E-state index in [2.05, 4.69) is 5.32 Å². The van der Waals surface area contributed by atoms with Gasteiger partial charge in [0.15, 0.2) is 0 Å². The van der Waals surface area contributed by atoms with Crippen LogP contribution < -0.4 is 11.1 Å². The summed E-state index contributed by atoms with van der Waals surface area (Å²) >= 11 is 0. The maximum absolute atomic E-state index is 12.3. The molecular formula is C20H28N2O5. The molecule has 0 aromatic heterocycles. The van der Waals surface area contributed by atoms with Crippen molar-refractivity contribution in [1.29, 1.82) is 0 Å². The molecule has 3 N–H and O–H groups in total. The van der Waals surface area contributed by atoms with Gasteiger partial charge in [0, 0.05) is 17.9 Å². The molecule has 0 heterocycles. The summed E-state index contributed by atoms with van der Waals surface area (Å²) in [6, 6.07) is 8.07. The van der Waals surface area contributed by atoms with Crippen molar-refractivity contribution >= 4 is 17.8 Å². The fraction of sp³-hybridized carbons (Fsp3) is 0.550. The zero-order valence-corrected chi connectivity index (χ0v) is 16.2. The molecule has 27 heavy (non-hydrogen) atoms. The Hall–Kier alpha value is -2.41. The fourth-order valence-electron chi connectivity index (χ4n) is 2.64. The number of benzene rings is 1. The Morgan fingerprint density at radius 3 is 2.41 bits per heavy atom. The summed E-state index contributed by atoms with van der Waals surface area (Å²) in [6.07, 6.45) is -0.249. The fourth-order valence-corrected chi connectivity index (χ4v) is 2.64. The van der Waals surface area contributed by atoms with E-state index in [9.17, 15) is 14.4 Å². The number of hydrogen-bond acceptors (Lipinski definition) is 6. The molecule has 2 rings (SSSR count). The maximum atomic E-state index is 12.3. The molecule has 1 aromatic carbocycles. The average Bonchev–Trinajstić information content (AvgIpc) is 2.59. The van der Waals surface area contributed by atoms with E-state index in [4.69, 9.17) is 15.2 Å². The Bertz CT molecular complexity index is 683. The molecule has 1 saturated carbocycles. The van der Waals surface area contributed by atoms with Crippen molar-refractivity contribution in [3.63, 3.8) is 0 Å². The van der Waals surface area contributed by atoms with Crippen LogP contribution in [0.15, 0.2) is 30.3 Å². The van der Waals surface area contributed by atoms with Gasteiger partial charge in [0.25, 0.3) is 0 Å². The lowest BCUT2D eigenvalue weighted by molar-refractivity contribution is -0.175. The van der Waals surface area contributed by atoms with E-state index >= 15 is 0 Å². The molecule has 3 unspecified atom stereocenters. The molecule has 0 radical (unpaired) electrons. The van der Waals surface area contributed by atoms with Crippen molar-refractivity contribution in [2.24, 2.45) is 17.1 Å². The van der Waals surface area contributed by atoms with Gasteiger partial charge in [-0.1, -0.05) is 51.1 Å². The zero-order valence-electron chi connectivity index (χ0n) is 16.2. The number of esters is 2. The summed E-state index contributed by atoms with van der Waals surface area (Å²) in [5, 5.41) is 2.61. The second-order valence-corrected chi connectivity index (χ2v) is 7.94. The third-order valence-electron chi connectivity index (χ3n) is 4.51. The van der Waals surface area contributed by atoms with Gasteiger partial charge in [-0.2, -0.15) is 0 Å². The minimum absolute atomic E-state index is 0.140. The Kier molecular flexibility index (Phi) is 6.59. The monoisotopic (exact) mass is 376 g/mol. The van der Waals surface area contributed by atoms with Crippen molar-refractivity contribution in [3.8, 4) is 0 Å². The first-order valence-corrected chi connectivity index (χ1v) is 9.07. The maximum Gasteiger partial charge on any atom is 0.328 e. The molecule has 7 nitrogen and oxygen atoms in total. The largest absolute Gasteiger partial charge is 0.460 e. The summed E-state index contributed by atoms with van der Waals surface area (Å²) in [5.74, 6) is -2.02. The van der Waals surface area contributed by atoms with Crippen molar-refractivity contribution in [2.45, 2.75) is 58.9 Å². The molecule has 4 atom stereocenters. The molecule has 1 aliphatic rings. The highest BCUT2D eigenvalue weighted by Gasteiger charge is 2.48. The van der Waals surface area contributed by atoms with Gasteiger partial charge < -0.3 is 20.5 Å². The number of hydrogen-bond donors (Lipinski definition) is 2. The second kappa shape index (κ2) is 8.52. The van der Waals surface area contributed by atoms with Gasteiger partial charge in [-0.15, -0.1) is 0 Å². The van der Waals surface area contributed by atoms with Gasteiger partial charge >= 0.3 is 11.9 Å². The first kappa shape index (κ1) is 20.9. The Morgan fingerprint density at radius 2 is 1.85 bits per heavy atom. The summed E-state index contributed by atoms with van der Waals surface area (Å²) in [4.78, 5) is 36.5. The van der Waals surface area contributed by atoms with Gasteiger partial charge in [0.2, 0.25) is 5.91 Å². The van der Waals surface area contributed by atoms with Crippen molar-refractivity contribution in [2.75, 3.05) is 0 Å². The molecule has 1 amide bonds. The van der Waals surface area contributed by atoms with Crippen molar-refractivity contribution in [3.05, 3.63) is 35.9 Å². The minimum Gasteiger partial charge on any atom is -0.460 e. The molecule has 0 aliphatic heterocycles. The van der Waals surface area contributed by atoms with Crippen LogP contribution in [0.1, 0.15) is 39.7 Å². The molecule has 7 heteroatoms. The summed E-state index contributed by atoms with van der Waals surface area (Å²) in [7, 11) is 0. The second-order valence-electron chi connectivity index (χ2n) is 7.94. The summed E-state index contributed by atoms with van der Waals surface area (Å²) in [6.45, 7) is 6.95. The van der Waals surface area contributed by atoms with Crippen molar-refractivity contribution in [1.82, 2.24) is 5.32 Å². The minimum atomic E-state index is -0.811. The van der Waals surface area contributed by atoms with Crippen LogP contribution in [0.2, 0.25) is 0 Å². The molecule has 0 spiro atoms. The smallest absolute Gasteiger partial charge is 0.328 e. The van der Waals surface area contributed by atoms with E-state index < -0.39 is 41.5 Å². The van der Waals surface area contributed by atoms with Crippen LogP contribution >= 0.6 is 0 Å². The standard InChI is InChI=1S/C20H28N2O5/c1-12(22-19(25)20(2,3)4)17(23)27-15-10-14(21)16(15)18(24)26-11-13-8-6-5-7-9-13/h5-9,12,14-16H,10-11,21H2,1-4H3,(H,22,25)/t12-,14?,15?,16?/m0/s1. The van der Waals surface area contributed by atoms with Crippen molar-refractivity contribution < 1.29 is 23.9 Å². The molecule has 0 saturated heterocycles. The van der Waals surface area contributed by atoms with Crippen LogP contribution in [0.5, 0.6) is 0 Å². The van der Waals surface area contributed by atoms with E-state index in [1.54, 1.807) is 27.7 Å². The predicted molar refractivity (Wildman–Crippen MR) is 99.3 cm³/mol. The van der Waals surface area contributed by atoms with E-state index in [-0.39, 0.29) is 12.5 Å². The lowest BCUT2D eigenvalue weighted by atomic mass is 9.77. The van der Waals surface area contributed by atoms with E-state index in [0.29, 0.717) is 6.42 Å². The third-order valence-corrected chi connectivity index (χ3v) is 4.51. The Labute approximate surface area is 159 Å². The van der Waals surface area contributed by atoms with E-state index in [0.717, 1.165) is 5.56 Å². The van der Waals surface area contributed by atoms with Crippen LogP contribution in [-0.2, 0) is 30.5 Å². The number of ether oxygens (including phenoxy) is 2. The van der Waals surface area contributed by atoms with Gasteiger partial charge in [0.1, 0.15) is 24.7 Å². The first-order chi connectivity index (χ1) is 12.6. The highest BCUT2D eigenvalue weighted by molar-refractivity contribution is 5.87. The van der Waals surface area contributed by atoms with Crippen LogP contribution in [0.4, 0.5) is 0 Å². The Morgan fingerprint density at radius 1 is 1.22 bits per heavy atom. The predicted octanol–water partition coefficient (Wildman–Crippen LogP) is 1.54. The molecule has 0 bridgehead atoms. The number of rotatable bonds is 6. The Balaban J connectivity index is 1.86. The third kappa shape index (κ3) is 5.53. The van der Waals surface area contributed by atoms with Gasteiger partial charge in [-0.05, 0) is 12.5 Å². The van der Waals surface area contributed by atoms with Crippen LogP contribution in [0.3, 0.4) is 0 Å². The topological polar surface area (TPSA) is 108 Å². The normalized spacial score (nSPS) is 22.9. The first-order valence-electron chi connectivity index (χ1n) is 9.07. The molecular weight excluding hydrogens is 348 g/mol. The van der Waals surface area contributed by atoms with E-state index in [1.165, 1.54) is 0 Å². The SMILES string of the molecule is C[C@H](NC(=O)C(C)(C)C)C(=O)OC1CC(N)C1C(=O)OCc1ccccc1. The van der Waals surface area contributed by atoms with Crippen LogP contribution in [0, 0.1) is 11.3 Å². The lowest BCUT2D eigenvalue weighted by Crippen LogP contribution is -2.58. The molecule has 1 aromatic rings. The van der Waals surface area contributed by atoms with Gasteiger partial charge in [-0.25, -0.2) is 4.79 Å². The molecule has 1 aliphatic carbocycles. The number of carbonyl (C=O) groups is 3.